The van der Waals surface area contributed by atoms with Crippen molar-refractivity contribution in [2.24, 2.45) is 0 Å². The third-order valence-electron chi connectivity index (χ3n) is 9.76. The van der Waals surface area contributed by atoms with Gasteiger partial charge in [0.1, 0.15) is 0 Å². The van der Waals surface area contributed by atoms with E-state index >= 15 is 0 Å². The lowest BCUT2D eigenvalue weighted by molar-refractivity contribution is 1.05. The van der Waals surface area contributed by atoms with Gasteiger partial charge in [0.15, 0.2) is 17.3 Å². The maximum absolute atomic E-state index is 5.31. The van der Waals surface area contributed by atoms with Crippen molar-refractivity contribution in [1.82, 2.24) is 28.9 Å². The van der Waals surface area contributed by atoms with Gasteiger partial charge in [0, 0.05) is 44.9 Å². The van der Waals surface area contributed by atoms with Gasteiger partial charge >= 0.3 is 0 Å². The molecule has 0 spiro atoms. The van der Waals surface area contributed by atoms with Crippen molar-refractivity contribution in [2.75, 3.05) is 0 Å². The molecule has 11 aromatic rings. The Morgan fingerprint density at radius 1 is 0.417 bits per heavy atom. The van der Waals surface area contributed by atoms with Crippen LogP contribution in [0.1, 0.15) is 0 Å². The molecular weight excluding hydrogens is 589 g/mol. The molecule has 0 saturated carbocycles. The van der Waals surface area contributed by atoms with Gasteiger partial charge in [0.2, 0.25) is 0 Å². The lowest BCUT2D eigenvalue weighted by Crippen LogP contribution is -2.05. The van der Waals surface area contributed by atoms with E-state index < -0.39 is 0 Å². The summed E-state index contributed by atoms with van der Waals surface area (Å²) in [6.07, 6.45) is 3.75. The van der Waals surface area contributed by atoms with E-state index in [1.54, 1.807) is 0 Å². The van der Waals surface area contributed by atoms with Gasteiger partial charge in [0.05, 0.1) is 38.6 Å². The van der Waals surface area contributed by atoms with E-state index in [1.165, 1.54) is 43.4 Å². The van der Waals surface area contributed by atoms with E-state index in [4.69, 9.17) is 19.9 Å². The molecule has 5 aromatic heterocycles. The second kappa shape index (κ2) is 9.44. The number of benzene rings is 6. The molecule has 5 heterocycles. The van der Waals surface area contributed by atoms with Crippen LogP contribution in [-0.2, 0) is 0 Å². The summed E-state index contributed by atoms with van der Waals surface area (Å²) in [6, 6.07) is 46.8. The molecule has 0 aliphatic rings. The molecule has 11 rings (SSSR count). The van der Waals surface area contributed by atoms with Crippen molar-refractivity contribution in [2.45, 2.75) is 0 Å². The van der Waals surface area contributed by atoms with Crippen molar-refractivity contribution < 1.29 is 0 Å². The van der Waals surface area contributed by atoms with Crippen LogP contribution in [0.4, 0.5) is 0 Å². The third-order valence-corrected chi connectivity index (χ3v) is 9.76. The smallest absolute Gasteiger partial charge is 0.182 e. The Hall–Kier alpha value is -6.66. The first-order valence-corrected chi connectivity index (χ1v) is 16.1. The Balaban J connectivity index is 1.30. The van der Waals surface area contributed by atoms with Crippen LogP contribution in [0.25, 0.3) is 99.4 Å². The Labute approximate surface area is 273 Å². The topological polar surface area (TPSA) is 60.9 Å². The number of nitrogens with zero attached hydrogens (tertiary/aromatic N) is 6. The molecule has 0 atom stereocenters. The largest absolute Gasteiger partial charge is 0.308 e. The van der Waals surface area contributed by atoms with E-state index in [0.717, 1.165) is 38.7 Å². The van der Waals surface area contributed by atoms with E-state index in [2.05, 4.69) is 100.0 Å². The summed E-state index contributed by atoms with van der Waals surface area (Å²) >= 11 is 0. The van der Waals surface area contributed by atoms with Crippen molar-refractivity contribution in [3.63, 3.8) is 0 Å². The van der Waals surface area contributed by atoms with Gasteiger partial charge in [0.25, 0.3) is 0 Å². The van der Waals surface area contributed by atoms with Crippen molar-refractivity contribution >= 4 is 70.9 Å². The molecule has 48 heavy (non-hydrogen) atoms. The SMILES string of the molecule is c1ccc(-c2cnc(-c3nc4ccccc4nc3-n3c4cccc5c6cccc7c8ccccc8n(c8cccc3c8c54)c67)nc2)cc1. The van der Waals surface area contributed by atoms with Gasteiger partial charge in [-0.15, -0.1) is 0 Å². The molecule has 0 unspecified atom stereocenters. The van der Waals surface area contributed by atoms with Gasteiger partial charge in [-0.25, -0.2) is 19.9 Å². The Morgan fingerprint density at radius 3 is 1.83 bits per heavy atom. The summed E-state index contributed by atoms with van der Waals surface area (Å²) in [4.78, 5) is 20.3. The predicted octanol–water partition coefficient (Wildman–Crippen LogP) is 10.0. The first-order valence-electron chi connectivity index (χ1n) is 16.1. The predicted molar refractivity (Wildman–Crippen MR) is 195 cm³/mol. The van der Waals surface area contributed by atoms with Crippen molar-refractivity contribution in [1.29, 1.82) is 0 Å². The van der Waals surface area contributed by atoms with Gasteiger partial charge < -0.3 is 4.40 Å². The number of rotatable bonds is 3. The Kier molecular flexibility index (Phi) is 5.02. The number of hydrogen-bond donors (Lipinski definition) is 0. The minimum atomic E-state index is 0.529. The minimum Gasteiger partial charge on any atom is -0.308 e. The van der Waals surface area contributed by atoms with Crippen LogP contribution in [-0.4, -0.2) is 28.9 Å². The molecule has 0 saturated heterocycles. The van der Waals surface area contributed by atoms with Crippen LogP contribution < -0.4 is 0 Å². The second-order valence-electron chi connectivity index (χ2n) is 12.3. The summed E-state index contributed by atoms with van der Waals surface area (Å²) in [5.74, 6) is 1.23. The minimum absolute atomic E-state index is 0.529. The van der Waals surface area contributed by atoms with E-state index in [9.17, 15) is 0 Å². The first kappa shape index (κ1) is 25.5. The fourth-order valence-electron chi connectivity index (χ4n) is 7.74. The number of para-hydroxylation sites is 4. The average molecular weight is 613 g/mol. The highest BCUT2D eigenvalue weighted by atomic mass is 15.1. The molecule has 0 aliphatic carbocycles. The zero-order chi connectivity index (χ0) is 31.3. The number of fused-ring (bicyclic) bond motifs is 6. The van der Waals surface area contributed by atoms with Crippen LogP contribution in [0.15, 0.2) is 146 Å². The monoisotopic (exact) mass is 612 g/mol. The molecular formula is C42H24N6. The van der Waals surface area contributed by atoms with E-state index in [0.29, 0.717) is 17.3 Å². The molecule has 6 heteroatoms. The highest BCUT2D eigenvalue weighted by Gasteiger charge is 2.25. The maximum atomic E-state index is 5.31. The molecule has 0 radical (unpaired) electrons. The van der Waals surface area contributed by atoms with Gasteiger partial charge in [-0.1, -0.05) is 97.1 Å². The normalized spacial score (nSPS) is 12.2. The van der Waals surface area contributed by atoms with Gasteiger partial charge in [-0.05, 0) is 47.3 Å². The fraction of sp³-hybridized carbons (Fsp3) is 0. The quantitative estimate of drug-likeness (QED) is 0.199. The molecule has 0 aliphatic heterocycles. The highest BCUT2D eigenvalue weighted by molar-refractivity contribution is 6.31. The highest BCUT2D eigenvalue weighted by Crippen LogP contribution is 2.44. The summed E-state index contributed by atoms with van der Waals surface area (Å²) in [7, 11) is 0. The van der Waals surface area contributed by atoms with Crippen molar-refractivity contribution in [3.8, 4) is 28.5 Å². The zero-order valence-electron chi connectivity index (χ0n) is 25.5. The molecule has 0 bridgehead atoms. The molecule has 6 aromatic carbocycles. The maximum Gasteiger partial charge on any atom is 0.182 e. The standard InChI is InChI=1S/C42H24N6/c1-2-11-25(12-3-1)26-23-43-41(44-24-26)39-42(46-32-18-6-5-17-31(32)45-39)48-34-20-9-14-28-30-16-8-15-29-27-13-4-7-19-33(27)47(40(29)30)35-21-10-22-36(48)38(35)37(28)34/h1-24H. The van der Waals surface area contributed by atoms with Crippen LogP contribution in [0, 0.1) is 0 Å². The van der Waals surface area contributed by atoms with Crippen molar-refractivity contribution in [3.05, 3.63) is 146 Å². The molecule has 0 fully saturated rings. The van der Waals surface area contributed by atoms with Crippen LogP contribution in [0.3, 0.4) is 0 Å². The van der Waals surface area contributed by atoms with Crippen LogP contribution in [0.5, 0.6) is 0 Å². The molecule has 0 amide bonds. The van der Waals surface area contributed by atoms with Gasteiger partial charge in [-0.3, -0.25) is 4.57 Å². The van der Waals surface area contributed by atoms with Gasteiger partial charge in [-0.2, -0.15) is 0 Å². The first-order chi connectivity index (χ1) is 23.8. The second-order valence-corrected chi connectivity index (χ2v) is 12.3. The number of aromatic nitrogens is 6. The zero-order valence-corrected chi connectivity index (χ0v) is 25.5. The summed E-state index contributed by atoms with van der Waals surface area (Å²) in [6.45, 7) is 0. The average Bonchev–Trinajstić information content (AvgIpc) is 3.63. The summed E-state index contributed by atoms with van der Waals surface area (Å²) in [5.41, 5.74) is 9.96. The lowest BCUT2D eigenvalue weighted by atomic mass is 10.0. The Bertz CT molecular complexity index is 3050. The summed E-state index contributed by atoms with van der Waals surface area (Å²) in [5, 5.41) is 7.31. The Morgan fingerprint density at radius 2 is 1.00 bits per heavy atom. The van der Waals surface area contributed by atoms with E-state index in [1.807, 2.05) is 54.9 Å². The lowest BCUT2D eigenvalue weighted by Gasteiger charge is -2.13. The third kappa shape index (κ3) is 3.35. The molecule has 6 nitrogen and oxygen atoms in total. The van der Waals surface area contributed by atoms with E-state index in [-0.39, 0.29) is 0 Å². The fourth-order valence-corrected chi connectivity index (χ4v) is 7.74. The molecule has 0 N–H and O–H groups in total. The van der Waals surface area contributed by atoms with Crippen LogP contribution >= 0.6 is 0 Å². The van der Waals surface area contributed by atoms with Crippen LogP contribution in [0.2, 0.25) is 0 Å². The number of hydrogen-bond acceptors (Lipinski definition) is 4. The molecule has 222 valence electrons. The summed E-state index contributed by atoms with van der Waals surface area (Å²) < 4.78 is 4.71.